The van der Waals surface area contributed by atoms with Crippen LogP contribution in [0.25, 0.3) is 22.4 Å². The minimum absolute atomic E-state index is 0.0172. The monoisotopic (exact) mass is 459 g/mol. The van der Waals surface area contributed by atoms with Gasteiger partial charge in [-0.2, -0.15) is 18.3 Å². The van der Waals surface area contributed by atoms with Gasteiger partial charge in [0.1, 0.15) is 5.69 Å². The molecule has 6 nitrogen and oxygen atoms in total. The zero-order valence-corrected chi connectivity index (χ0v) is 17.0. The van der Waals surface area contributed by atoms with Gasteiger partial charge in [0, 0.05) is 29.3 Å². The lowest BCUT2D eigenvalue weighted by molar-refractivity contribution is -0.143. The zero-order chi connectivity index (χ0) is 22.1. The van der Waals surface area contributed by atoms with Crippen LogP contribution in [0.3, 0.4) is 0 Å². The second-order valence-corrected chi connectivity index (χ2v) is 8.44. The van der Waals surface area contributed by atoms with Crippen LogP contribution < -0.4 is 5.14 Å². The Balaban J connectivity index is 2.28. The molecule has 0 saturated carbocycles. The number of rotatable bonds is 6. The Labute approximate surface area is 175 Å². The van der Waals surface area contributed by atoms with E-state index in [-0.39, 0.29) is 46.9 Å². The van der Waals surface area contributed by atoms with Crippen LogP contribution in [-0.2, 0) is 22.7 Å². The third-order valence-electron chi connectivity index (χ3n) is 4.34. The SMILES string of the molecule is NS(=O)(=O)c1ccc(-c2nn(CCCO)c(C(F)(F)F)c2-c2ccc(Cl)cc2)cc1. The van der Waals surface area contributed by atoms with Crippen LogP contribution >= 0.6 is 11.6 Å². The highest BCUT2D eigenvalue weighted by Crippen LogP contribution is 2.43. The zero-order valence-electron chi connectivity index (χ0n) is 15.4. The van der Waals surface area contributed by atoms with Crippen molar-refractivity contribution in [2.75, 3.05) is 6.61 Å². The predicted octanol–water partition coefficient (Wildman–Crippen LogP) is 3.92. The molecular formula is C19H17ClF3N3O3S. The first-order valence-corrected chi connectivity index (χ1v) is 10.6. The van der Waals surface area contributed by atoms with Gasteiger partial charge >= 0.3 is 6.18 Å². The number of aliphatic hydroxyl groups excluding tert-OH is 1. The molecule has 3 aromatic rings. The topological polar surface area (TPSA) is 98.2 Å². The number of halogens is 4. The maximum atomic E-state index is 14.0. The van der Waals surface area contributed by atoms with E-state index in [1.54, 1.807) is 0 Å². The minimum Gasteiger partial charge on any atom is -0.396 e. The summed E-state index contributed by atoms with van der Waals surface area (Å²) in [5, 5.41) is 18.7. The standard InChI is InChI=1S/C19H17ClF3N3O3S/c20-14-6-2-12(3-7-14)16-17(13-4-8-15(9-5-13)30(24,28)29)25-26(10-1-11-27)18(16)19(21,22)23/h2-9,27H,1,10-11H2,(H2,24,28,29). The molecule has 30 heavy (non-hydrogen) atoms. The summed E-state index contributed by atoms with van der Waals surface area (Å²) >= 11 is 5.88. The number of aliphatic hydroxyl groups is 1. The van der Waals surface area contributed by atoms with E-state index in [1.165, 1.54) is 48.5 Å². The van der Waals surface area contributed by atoms with E-state index in [2.05, 4.69) is 5.10 Å². The molecular weight excluding hydrogens is 443 g/mol. The van der Waals surface area contributed by atoms with E-state index >= 15 is 0 Å². The van der Waals surface area contributed by atoms with Crippen molar-refractivity contribution in [3.8, 4) is 22.4 Å². The lowest BCUT2D eigenvalue weighted by Crippen LogP contribution is -2.16. The summed E-state index contributed by atoms with van der Waals surface area (Å²) in [5.74, 6) is 0. The highest BCUT2D eigenvalue weighted by molar-refractivity contribution is 7.89. The smallest absolute Gasteiger partial charge is 0.396 e. The molecule has 0 spiro atoms. The summed E-state index contributed by atoms with van der Waals surface area (Å²) in [6, 6.07) is 10.9. The fraction of sp³-hybridized carbons (Fsp3) is 0.211. The molecule has 0 aliphatic heterocycles. The second kappa shape index (κ2) is 8.38. The Bertz CT molecular complexity index is 1140. The average Bonchev–Trinajstić information content (AvgIpc) is 3.06. The Kier molecular flexibility index (Phi) is 6.23. The number of nitrogens with zero attached hydrogens (tertiary/aromatic N) is 2. The summed E-state index contributed by atoms with van der Waals surface area (Å²) in [6.45, 7) is -0.451. The van der Waals surface area contributed by atoms with Gasteiger partial charge in [-0.05, 0) is 36.2 Å². The molecule has 160 valence electrons. The molecule has 0 aliphatic carbocycles. The average molecular weight is 460 g/mol. The Hall–Kier alpha value is -2.40. The molecule has 2 aromatic carbocycles. The number of benzene rings is 2. The van der Waals surface area contributed by atoms with Gasteiger partial charge in [0.15, 0.2) is 5.69 Å². The normalized spacial score (nSPS) is 12.3. The van der Waals surface area contributed by atoms with Gasteiger partial charge in [0.25, 0.3) is 0 Å². The first kappa shape index (κ1) is 22.3. The van der Waals surface area contributed by atoms with Gasteiger partial charge in [0.2, 0.25) is 10.0 Å². The van der Waals surface area contributed by atoms with Crippen LogP contribution in [0.1, 0.15) is 12.1 Å². The van der Waals surface area contributed by atoms with Crippen molar-refractivity contribution in [2.24, 2.45) is 5.14 Å². The van der Waals surface area contributed by atoms with Crippen molar-refractivity contribution in [2.45, 2.75) is 24.0 Å². The molecule has 3 N–H and O–H groups in total. The number of hydrogen-bond donors (Lipinski definition) is 2. The van der Waals surface area contributed by atoms with E-state index in [0.29, 0.717) is 5.02 Å². The maximum Gasteiger partial charge on any atom is 0.433 e. The molecule has 0 radical (unpaired) electrons. The Morgan fingerprint density at radius 2 is 1.60 bits per heavy atom. The number of sulfonamides is 1. The largest absolute Gasteiger partial charge is 0.433 e. The van der Waals surface area contributed by atoms with Crippen LogP contribution in [0.2, 0.25) is 5.02 Å². The maximum absolute atomic E-state index is 14.0. The highest BCUT2D eigenvalue weighted by atomic mass is 35.5. The molecule has 0 saturated heterocycles. The molecule has 0 unspecified atom stereocenters. The molecule has 1 heterocycles. The van der Waals surface area contributed by atoms with Crippen molar-refractivity contribution >= 4 is 21.6 Å². The van der Waals surface area contributed by atoms with E-state index in [9.17, 15) is 21.6 Å². The van der Waals surface area contributed by atoms with Crippen LogP contribution in [0, 0.1) is 0 Å². The fourth-order valence-electron chi connectivity index (χ4n) is 3.03. The van der Waals surface area contributed by atoms with E-state index in [0.717, 1.165) is 4.68 Å². The minimum atomic E-state index is -4.73. The van der Waals surface area contributed by atoms with Crippen molar-refractivity contribution in [3.05, 3.63) is 59.2 Å². The molecule has 3 rings (SSSR count). The summed E-state index contributed by atoms with van der Waals surface area (Å²) in [6.07, 6.45) is -4.65. The van der Waals surface area contributed by atoms with Crippen molar-refractivity contribution in [3.63, 3.8) is 0 Å². The molecule has 1 aromatic heterocycles. The third-order valence-corrected chi connectivity index (χ3v) is 5.52. The summed E-state index contributed by atoms with van der Waals surface area (Å²) < 4.78 is 65.8. The molecule has 0 atom stereocenters. The number of alkyl halides is 3. The first-order valence-electron chi connectivity index (χ1n) is 8.70. The van der Waals surface area contributed by atoms with Crippen LogP contribution in [0.5, 0.6) is 0 Å². The summed E-state index contributed by atoms with van der Waals surface area (Å²) in [5.41, 5.74) is -0.596. The highest BCUT2D eigenvalue weighted by Gasteiger charge is 2.40. The van der Waals surface area contributed by atoms with E-state index in [1.807, 2.05) is 0 Å². The molecule has 0 bridgehead atoms. The summed E-state index contributed by atoms with van der Waals surface area (Å²) in [7, 11) is -3.96. The van der Waals surface area contributed by atoms with Gasteiger partial charge in [-0.1, -0.05) is 35.9 Å². The number of hydrogen-bond acceptors (Lipinski definition) is 4. The number of aryl methyl sites for hydroxylation is 1. The molecule has 0 aliphatic rings. The van der Waals surface area contributed by atoms with Crippen LogP contribution in [0.4, 0.5) is 13.2 Å². The summed E-state index contributed by atoms with van der Waals surface area (Å²) in [4.78, 5) is -0.171. The van der Waals surface area contributed by atoms with Gasteiger partial charge < -0.3 is 5.11 Å². The molecule has 11 heteroatoms. The molecule has 0 fully saturated rings. The number of nitrogens with two attached hydrogens (primary N) is 1. The van der Waals surface area contributed by atoms with Gasteiger partial charge in [-0.15, -0.1) is 0 Å². The molecule has 0 amide bonds. The second-order valence-electron chi connectivity index (χ2n) is 6.45. The number of aromatic nitrogens is 2. The van der Waals surface area contributed by atoms with Crippen molar-refractivity contribution in [1.82, 2.24) is 9.78 Å². The van der Waals surface area contributed by atoms with Gasteiger partial charge in [-0.3, -0.25) is 4.68 Å². The van der Waals surface area contributed by atoms with Crippen molar-refractivity contribution in [1.29, 1.82) is 0 Å². The van der Waals surface area contributed by atoms with Crippen LogP contribution in [-0.4, -0.2) is 29.9 Å². The quantitative estimate of drug-likeness (QED) is 0.583. The van der Waals surface area contributed by atoms with Gasteiger partial charge in [-0.25, -0.2) is 13.6 Å². The van der Waals surface area contributed by atoms with Crippen LogP contribution in [0.15, 0.2) is 53.4 Å². The Morgan fingerprint density at radius 1 is 1.03 bits per heavy atom. The predicted molar refractivity (Wildman–Crippen MR) is 106 cm³/mol. The van der Waals surface area contributed by atoms with Gasteiger partial charge in [0.05, 0.1) is 4.90 Å². The Morgan fingerprint density at radius 3 is 2.10 bits per heavy atom. The van der Waals surface area contributed by atoms with E-state index < -0.39 is 21.9 Å². The third kappa shape index (κ3) is 4.67. The first-order chi connectivity index (χ1) is 14.0. The number of primary sulfonamides is 1. The lowest BCUT2D eigenvalue weighted by Gasteiger charge is -2.13. The fourth-order valence-corrected chi connectivity index (χ4v) is 3.67. The lowest BCUT2D eigenvalue weighted by atomic mass is 9.98. The van der Waals surface area contributed by atoms with E-state index in [4.69, 9.17) is 21.8 Å². The van der Waals surface area contributed by atoms with Crippen molar-refractivity contribution < 1.29 is 26.7 Å².